The second-order valence-corrected chi connectivity index (χ2v) is 8.30. The van der Waals surface area contributed by atoms with Gasteiger partial charge in [-0.2, -0.15) is 0 Å². The maximum atomic E-state index is 12.1. The van der Waals surface area contributed by atoms with Crippen LogP contribution in [0.3, 0.4) is 0 Å². The van der Waals surface area contributed by atoms with E-state index in [1.54, 1.807) is 13.0 Å². The summed E-state index contributed by atoms with van der Waals surface area (Å²) in [4.78, 5) is 23.1. The molecule has 150 valence electrons. The average molecular weight is 430 g/mol. The molecule has 0 saturated heterocycles. The van der Waals surface area contributed by atoms with Crippen LogP contribution in [0.25, 0.3) is 17.1 Å². The summed E-state index contributed by atoms with van der Waals surface area (Å²) in [7, 11) is 0. The predicted octanol–water partition coefficient (Wildman–Crippen LogP) is 3.88. The van der Waals surface area contributed by atoms with Crippen molar-refractivity contribution in [3.8, 4) is 17.1 Å². The van der Waals surface area contributed by atoms with Crippen molar-refractivity contribution in [2.45, 2.75) is 31.2 Å². The summed E-state index contributed by atoms with van der Waals surface area (Å²) < 4.78 is 1.90. The molecule has 3 N–H and O–H groups in total. The molecule has 1 heterocycles. The Hall–Kier alpha value is -2.84. The highest BCUT2D eigenvalue weighted by atomic mass is 35.5. The molecule has 1 aromatic heterocycles. The minimum Gasteiger partial charge on any atom is -0.351 e. The molecule has 0 spiro atoms. The number of carbonyl (C=O) groups is 2. The first-order valence-corrected chi connectivity index (χ1v) is 10.1. The smallest absolute Gasteiger partial charge is 0.318 e. The summed E-state index contributed by atoms with van der Waals surface area (Å²) in [5.74, 6) is 0.105. The Morgan fingerprint density at radius 1 is 1.17 bits per heavy atom. The number of amides is 3. The summed E-state index contributed by atoms with van der Waals surface area (Å²) in [5.41, 5.74) is 8.85. The molecule has 3 aromatic rings. The van der Waals surface area contributed by atoms with Gasteiger partial charge in [-0.25, -0.2) is 4.79 Å². The number of nitrogens with one attached hydrogen (secondary N) is 1. The van der Waals surface area contributed by atoms with Crippen molar-refractivity contribution < 1.29 is 9.59 Å². The maximum Gasteiger partial charge on any atom is 0.318 e. The number of nitrogens with zero attached hydrogens (tertiary/aromatic N) is 3. The normalized spacial score (nSPS) is 11.9. The number of aryl methyl sites for hydroxylation is 2. The highest BCUT2D eigenvalue weighted by Gasteiger charge is 2.23. The standard InChI is InChI=1S/C20H20ClN5O2S/c1-11-7-8-12(2)16(9-11)26-17(14-5-4-6-15(21)10-14)24-25-20(26)29-13(3)18(27)23-19(22)28/h4-10,13H,1-3H3,(H3,22,23,27,28)/t13-/m1/s1. The van der Waals surface area contributed by atoms with Crippen molar-refractivity contribution in [2.75, 3.05) is 0 Å². The molecule has 0 aliphatic heterocycles. The van der Waals surface area contributed by atoms with Crippen molar-refractivity contribution in [3.63, 3.8) is 0 Å². The van der Waals surface area contributed by atoms with E-state index in [0.717, 1.165) is 22.4 Å². The molecular weight excluding hydrogens is 410 g/mol. The van der Waals surface area contributed by atoms with E-state index in [1.165, 1.54) is 11.8 Å². The van der Waals surface area contributed by atoms with E-state index in [2.05, 4.69) is 15.5 Å². The van der Waals surface area contributed by atoms with Gasteiger partial charge in [-0.15, -0.1) is 10.2 Å². The third-order valence-corrected chi connectivity index (χ3v) is 5.50. The van der Waals surface area contributed by atoms with Crippen molar-refractivity contribution in [1.29, 1.82) is 0 Å². The lowest BCUT2D eigenvalue weighted by molar-refractivity contribution is -0.119. The molecule has 0 aliphatic carbocycles. The summed E-state index contributed by atoms with van der Waals surface area (Å²) >= 11 is 7.36. The van der Waals surface area contributed by atoms with Gasteiger partial charge < -0.3 is 5.73 Å². The quantitative estimate of drug-likeness (QED) is 0.599. The van der Waals surface area contributed by atoms with Crippen LogP contribution in [0.2, 0.25) is 5.02 Å². The van der Waals surface area contributed by atoms with Crippen molar-refractivity contribution in [3.05, 3.63) is 58.6 Å². The molecule has 0 fully saturated rings. The van der Waals surface area contributed by atoms with Crippen LogP contribution in [0.1, 0.15) is 18.1 Å². The SMILES string of the molecule is Cc1ccc(C)c(-n2c(S[C@H](C)C(=O)NC(N)=O)nnc2-c2cccc(Cl)c2)c1. The van der Waals surface area contributed by atoms with Crippen LogP contribution in [-0.4, -0.2) is 32.0 Å². The van der Waals surface area contributed by atoms with Crippen LogP contribution in [-0.2, 0) is 4.79 Å². The summed E-state index contributed by atoms with van der Waals surface area (Å²) in [6.45, 7) is 5.67. The Kier molecular flexibility index (Phi) is 6.24. The zero-order valence-electron chi connectivity index (χ0n) is 16.1. The second kappa shape index (κ2) is 8.67. The fourth-order valence-electron chi connectivity index (χ4n) is 2.77. The van der Waals surface area contributed by atoms with Crippen molar-refractivity contribution in [1.82, 2.24) is 20.1 Å². The van der Waals surface area contributed by atoms with E-state index in [0.29, 0.717) is 16.0 Å². The zero-order valence-corrected chi connectivity index (χ0v) is 17.7. The van der Waals surface area contributed by atoms with Gasteiger partial charge >= 0.3 is 6.03 Å². The van der Waals surface area contributed by atoms with E-state index in [4.69, 9.17) is 17.3 Å². The molecule has 0 saturated carbocycles. The lowest BCUT2D eigenvalue weighted by Gasteiger charge is -2.15. The van der Waals surface area contributed by atoms with Crippen LogP contribution in [0.15, 0.2) is 47.6 Å². The number of carbonyl (C=O) groups excluding carboxylic acids is 2. The highest BCUT2D eigenvalue weighted by Crippen LogP contribution is 2.32. The lowest BCUT2D eigenvalue weighted by Crippen LogP contribution is -2.39. The second-order valence-electron chi connectivity index (χ2n) is 6.56. The van der Waals surface area contributed by atoms with Crippen LogP contribution in [0.4, 0.5) is 4.79 Å². The van der Waals surface area contributed by atoms with Gasteiger partial charge in [0.2, 0.25) is 5.91 Å². The molecule has 29 heavy (non-hydrogen) atoms. The number of hydrogen-bond acceptors (Lipinski definition) is 5. The van der Waals surface area contributed by atoms with E-state index < -0.39 is 17.2 Å². The van der Waals surface area contributed by atoms with Gasteiger partial charge in [0.05, 0.1) is 10.9 Å². The number of rotatable bonds is 5. The Bertz CT molecular complexity index is 1080. The van der Waals surface area contributed by atoms with E-state index in [1.807, 2.05) is 54.8 Å². The molecule has 3 rings (SSSR count). The predicted molar refractivity (Wildman–Crippen MR) is 114 cm³/mol. The maximum absolute atomic E-state index is 12.1. The number of hydrogen-bond donors (Lipinski definition) is 2. The average Bonchev–Trinajstić information content (AvgIpc) is 3.06. The molecule has 7 nitrogen and oxygen atoms in total. The van der Waals surface area contributed by atoms with Crippen LogP contribution in [0, 0.1) is 13.8 Å². The third-order valence-electron chi connectivity index (χ3n) is 4.22. The number of primary amides is 1. The first-order chi connectivity index (χ1) is 13.8. The number of aromatic nitrogens is 3. The summed E-state index contributed by atoms with van der Waals surface area (Å²) in [6, 6.07) is 12.5. The Balaban J connectivity index is 2.11. The molecule has 2 aromatic carbocycles. The number of urea groups is 1. The van der Waals surface area contributed by atoms with Gasteiger partial charge in [-0.1, -0.05) is 47.6 Å². The number of nitrogens with two attached hydrogens (primary N) is 1. The van der Waals surface area contributed by atoms with Gasteiger partial charge in [0.1, 0.15) is 0 Å². The minimum absolute atomic E-state index is 0.498. The Morgan fingerprint density at radius 2 is 1.93 bits per heavy atom. The van der Waals surface area contributed by atoms with Gasteiger partial charge in [0, 0.05) is 10.6 Å². The zero-order chi connectivity index (χ0) is 21.1. The molecule has 0 aliphatic rings. The van der Waals surface area contributed by atoms with Crippen LogP contribution < -0.4 is 11.1 Å². The van der Waals surface area contributed by atoms with Gasteiger partial charge in [0.15, 0.2) is 11.0 Å². The first-order valence-electron chi connectivity index (χ1n) is 8.82. The Morgan fingerprint density at radius 3 is 2.62 bits per heavy atom. The van der Waals surface area contributed by atoms with E-state index in [9.17, 15) is 9.59 Å². The molecule has 0 bridgehead atoms. The Labute approximate surface area is 177 Å². The van der Waals surface area contributed by atoms with Gasteiger partial charge in [-0.3, -0.25) is 14.7 Å². The lowest BCUT2D eigenvalue weighted by atomic mass is 10.1. The third kappa shape index (κ3) is 4.78. The fourth-order valence-corrected chi connectivity index (χ4v) is 3.82. The van der Waals surface area contributed by atoms with Crippen molar-refractivity contribution in [2.24, 2.45) is 5.73 Å². The van der Waals surface area contributed by atoms with E-state index >= 15 is 0 Å². The number of thioether (sulfide) groups is 1. The largest absolute Gasteiger partial charge is 0.351 e. The fraction of sp³-hybridized carbons (Fsp3) is 0.200. The van der Waals surface area contributed by atoms with E-state index in [-0.39, 0.29) is 0 Å². The molecular formula is C20H20ClN5O2S. The van der Waals surface area contributed by atoms with Crippen LogP contribution in [0.5, 0.6) is 0 Å². The topological polar surface area (TPSA) is 103 Å². The molecule has 3 amide bonds. The number of benzene rings is 2. The molecule has 0 unspecified atom stereocenters. The van der Waals surface area contributed by atoms with Gasteiger partial charge in [0.25, 0.3) is 0 Å². The monoisotopic (exact) mass is 429 g/mol. The highest BCUT2D eigenvalue weighted by molar-refractivity contribution is 8.00. The van der Waals surface area contributed by atoms with Gasteiger partial charge in [-0.05, 0) is 50.1 Å². The molecule has 0 radical (unpaired) electrons. The minimum atomic E-state index is -0.891. The first kappa shape index (κ1) is 20.9. The number of halogens is 1. The summed E-state index contributed by atoms with van der Waals surface area (Å²) in [5, 5.41) is 11.2. The molecule has 1 atom stereocenters. The van der Waals surface area contributed by atoms with Crippen LogP contribution >= 0.6 is 23.4 Å². The summed E-state index contributed by atoms with van der Waals surface area (Å²) in [6.07, 6.45) is 0. The molecule has 9 heteroatoms. The number of imide groups is 1. The van der Waals surface area contributed by atoms with Crippen molar-refractivity contribution >= 4 is 35.3 Å².